The van der Waals surface area contributed by atoms with E-state index in [2.05, 4.69) is 6.92 Å². The maximum Gasteiger partial charge on any atom is 0.0936 e. The summed E-state index contributed by atoms with van der Waals surface area (Å²) in [7, 11) is 1.73. The number of ether oxygens (including phenoxy) is 1. The summed E-state index contributed by atoms with van der Waals surface area (Å²) < 4.78 is 5.53. The molecule has 1 atom stereocenters. The van der Waals surface area contributed by atoms with Crippen LogP contribution in [0.1, 0.15) is 46.0 Å². The van der Waals surface area contributed by atoms with Gasteiger partial charge in [0.25, 0.3) is 0 Å². The highest BCUT2D eigenvalue weighted by Gasteiger charge is 2.39. The van der Waals surface area contributed by atoms with Crippen LogP contribution in [0.25, 0.3) is 0 Å². The van der Waals surface area contributed by atoms with Crippen LogP contribution in [-0.4, -0.2) is 23.9 Å². The fourth-order valence-electron chi connectivity index (χ4n) is 2.30. The summed E-state index contributed by atoms with van der Waals surface area (Å²) in [6.07, 6.45) is 4.90. The third-order valence-corrected chi connectivity index (χ3v) is 3.52. The summed E-state index contributed by atoms with van der Waals surface area (Å²) in [6, 6.07) is 0. The van der Waals surface area contributed by atoms with Gasteiger partial charge in [-0.05, 0) is 38.0 Å². The van der Waals surface area contributed by atoms with E-state index in [0.29, 0.717) is 0 Å². The fraction of sp³-hybridized carbons (Fsp3) is 1.00. The Morgan fingerprint density at radius 3 is 2.38 bits per heavy atom. The molecule has 1 saturated carbocycles. The summed E-state index contributed by atoms with van der Waals surface area (Å²) in [5.41, 5.74) is -0.235. The van der Waals surface area contributed by atoms with Crippen molar-refractivity contribution in [3.63, 3.8) is 0 Å². The summed E-state index contributed by atoms with van der Waals surface area (Å²) in [6.45, 7) is 4.29. The van der Waals surface area contributed by atoms with Gasteiger partial charge in [-0.15, -0.1) is 0 Å². The van der Waals surface area contributed by atoms with E-state index in [4.69, 9.17) is 4.74 Å². The van der Waals surface area contributed by atoms with E-state index < -0.39 is 0 Å². The highest BCUT2D eigenvalue weighted by Crippen LogP contribution is 2.37. The first kappa shape index (κ1) is 11.0. The minimum Gasteiger partial charge on any atom is -0.390 e. The SMILES string of the molecule is CCC(O)C1(OC)CCC(C)CC1. The van der Waals surface area contributed by atoms with Crippen molar-refractivity contribution in [1.29, 1.82) is 0 Å². The van der Waals surface area contributed by atoms with Gasteiger partial charge in [0, 0.05) is 7.11 Å². The molecule has 0 amide bonds. The van der Waals surface area contributed by atoms with Gasteiger partial charge in [-0.25, -0.2) is 0 Å². The Bertz CT molecular complexity index is 148. The molecule has 0 saturated heterocycles. The molecule has 0 spiro atoms. The van der Waals surface area contributed by atoms with Gasteiger partial charge in [0.1, 0.15) is 0 Å². The topological polar surface area (TPSA) is 29.5 Å². The van der Waals surface area contributed by atoms with Gasteiger partial charge >= 0.3 is 0 Å². The second-order valence-electron chi connectivity index (χ2n) is 4.38. The second-order valence-corrected chi connectivity index (χ2v) is 4.38. The molecule has 0 heterocycles. The largest absolute Gasteiger partial charge is 0.390 e. The lowest BCUT2D eigenvalue weighted by molar-refractivity contribution is -0.128. The van der Waals surface area contributed by atoms with Crippen LogP contribution in [-0.2, 0) is 4.74 Å². The molecule has 0 aromatic heterocycles. The van der Waals surface area contributed by atoms with Crippen LogP contribution in [0.4, 0.5) is 0 Å². The molecular weight excluding hydrogens is 164 g/mol. The minimum absolute atomic E-state index is 0.235. The van der Waals surface area contributed by atoms with Gasteiger partial charge in [-0.1, -0.05) is 13.8 Å². The maximum atomic E-state index is 9.89. The van der Waals surface area contributed by atoms with Gasteiger partial charge < -0.3 is 9.84 Å². The monoisotopic (exact) mass is 186 g/mol. The molecule has 1 unspecified atom stereocenters. The number of rotatable bonds is 3. The van der Waals surface area contributed by atoms with E-state index in [0.717, 1.165) is 25.2 Å². The quantitative estimate of drug-likeness (QED) is 0.733. The summed E-state index contributed by atoms with van der Waals surface area (Å²) in [4.78, 5) is 0. The summed E-state index contributed by atoms with van der Waals surface area (Å²) >= 11 is 0. The molecule has 2 heteroatoms. The molecule has 78 valence electrons. The second kappa shape index (κ2) is 4.43. The first-order valence-corrected chi connectivity index (χ1v) is 5.38. The third kappa shape index (κ3) is 2.23. The average molecular weight is 186 g/mol. The molecule has 1 aliphatic carbocycles. The van der Waals surface area contributed by atoms with E-state index in [1.807, 2.05) is 6.92 Å². The molecule has 1 fully saturated rings. The van der Waals surface area contributed by atoms with Crippen molar-refractivity contribution in [2.45, 2.75) is 57.7 Å². The third-order valence-electron chi connectivity index (χ3n) is 3.52. The standard InChI is InChI=1S/C11H22O2/c1-4-10(12)11(13-3)7-5-9(2)6-8-11/h9-10,12H,4-8H2,1-3H3. The molecule has 0 aromatic rings. The van der Waals surface area contributed by atoms with Gasteiger partial charge in [-0.2, -0.15) is 0 Å². The van der Waals surface area contributed by atoms with Crippen molar-refractivity contribution < 1.29 is 9.84 Å². The smallest absolute Gasteiger partial charge is 0.0936 e. The molecular formula is C11H22O2. The molecule has 1 N–H and O–H groups in total. The van der Waals surface area contributed by atoms with Crippen molar-refractivity contribution >= 4 is 0 Å². The molecule has 1 aliphatic rings. The number of hydrogen-bond donors (Lipinski definition) is 1. The van der Waals surface area contributed by atoms with Crippen molar-refractivity contribution in [3.8, 4) is 0 Å². The zero-order valence-electron chi connectivity index (χ0n) is 9.05. The lowest BCUT2D eigenvalue weighted by Crippen LogP contribution is -2.46. The van der Waals surface area contributed by atoms with E-state index >= 15 is 0 Å². The molecule has 0 aromatic carbocycles. The van der Waals surface area contributed by atoms with E-state index in [1.165, 1.54) is 12.8 Å². The van der Waals surface area contributed by atoms with Crippen LogP contribution in [0.2, 0.25) is 0 Å². The highest BCUT2D eigenvalue weighted by molar-refractivity contribution is 4.91. The zero-order chi connectivity index (χ0) is 9.90. The van der Waals surface area contributed by atoms with Crippen molar-refractivity contribution in [2.24, 2.45) is 5.92 Å². The predicted octanol–water partition coefficient (Wildman–Crippen LogP) is 2.35. The Kier molecular flexibility index (Phi) is 3.74. The summed E-state index contributed by atoms with van der Waals surface area (Å²) in [5.74, 6) is 0.798. The molecule has 1 rings (SSSR count). The van der Waals surface area contributed by atoms with E-state index in [-0.39, 0.29) is 11.7 Å². The highest BCUT2D eigenvalue weighted by atomic mass is 16.5. The van der Waals surface area contributed by atoms with Crippen LogP contribution in [0, 0.1) is 5.92 Å². The van der Waals surface area contributed by atoms with Crippen molar-refractivity contribution in [1.82, 2.24) is 0 Å². The Morgan fingerprint density at radius 1 is 1.46 bits per heavy atom. The normalized spacial score (nSPS) is 37.4. The zero-order valence-corrected chi connectivity index (χ0v) is 9.05. The number of hydrogen-bond acceptors (Lipinski definition) is 2. The molecule has 0 radical (unpaired) electrons. The van der Waals surface area contributed by atoms with Crippen LogP contribution >= 0.6 is 0 Å². The van der Waals surface area contributed by atoms with Gasteiger partial charge in [0.15, 0.2) is 0 Å². The van der Waals surface area contributed by atoms with E-state index in [9.17, 15) is 5.11 Å². The Balaban J connectivity index is 2.60. The lowest BCUT2D eigenvalue weighted by atomic mass is 9.76. The van der Waals surface area contributed by atoms with Crippen LogP contribution in [0.3, 0.4) is 0 Å². The van der Waals surface area contributed by atoms with Crippen LogP contribution in [0.15, 0.2) is 0 Å². The van der Waals surface area contributed by atoms with Crippen LogP contribution < -0.4 is 0 Å². The fourth-order valence-corrected chi connectivity index (χ4v) is 2.30. The maximum absolute atomic E-state index is 9.89. The van der Waals surface area contributed by atoms with E-state index in [1.54, 1.807) is 7.11 Å². The Labute approximate surface area is 81.3 Å². The number of aliphatic hydroxyl groups is 1. The minimum atomic E-state index is -0.287. The molecule has 13 heavy (non-hydrogen) atoms. The Morgan fingerprint density at radius 2 is 2.00 bits per heavy atom. The number of aliphatic hydroxyl groups excluding tert-OH is 1. The van der Waals surface area contributed by atoms with Gasteiger partial charge in [0.05, 0.1) is 11.7 Å². The number of methoxy groups -OCH3 is 1. The Hall–Kier alpha value is -0.0800. The van der Waals surface area contributed by atoms with Crippen molar-refractivity contribution in [2.75, 3.05) is 7.11 Å². The molecule has 0 bridgehead atoms. The van der Waals surface area contributed by atoms with Gasteiger partial charge in [-0.3, -0.25) is 0 Å². The van der Waals surface area contributed by atoms with Crippen molar-refractivity contribution in [3.05, 3.63) is 0 Å². The van der Waals surface area contributed by atoms with Gasteiger partial charge in [0.2, 0.25) is 0 Å². The average Bonchev–Trinajstić information content (AvgIpc) is 2.18. The summed E-state index contributed by atoms with van der Waals surface area (Å²) in [5, 5.41) is 9.89. The molecule has 2 nitrogen and oxygen atoms in total. The van der Waals surface area contributed by atoms with Crippen LogP contribution in [0.5, 0.6) is 0 Å². The first-order chi connectivity index (χ1) is 6.14. The first-order valence-electron chi connectivity index (χ1n) is 5.38. The molecule has 0 aliphatic heterocycles. The lowest BCUT2D eigenvalue weighted by Gasteiger charge is -2.41. The predicted molar refractivity (Wildman–Crippen MR) is 53.7 cm³/mol.